The maximum atomic E-state index is 12.4. The molecule has 1 aliphatic rings. The minimum Gasteiger partial charge on any atom is -0.497 e. The highest BCUT2D eigenvalue weighted by Gasteiger charge is 2.32. The number of thioether (sulfide) groups is 1. The van der Waals surface area contributed by atoms with Crippen molar-refractivity contribution in [1.29, 1.82) is 0 Å². The van der Waals surface area contributed by atoms with Crippen molar-refractivity contribution in [2.45, 2.75) is 19.9 Å². The normalized spacial score (nSPS) is 17.9. The van der Waals surface area contributed by atoms with Gasteiger partial charge in [-0.3, -0.25) is 0 Å². The van der Waals surface area contributed by atoms with E-state index in [9.17, 15) is 4.79 Å². The Morgan fingerprint density at radius 3 is 2.52 bits per heavy atom. The summed E-state index contributed by atoms with van der Waals surface area (Å²) in [6.45, 7) is 4.07. The van der Waals surface area contributed by atoms with Crippen LogP contribution in [0.4, 0.5) is 0 Å². The molecule has 1 heterocycles. The fourth-order valence-electron chi connectivity index (χ4n) is 2.47. The van der Waals surface area contributed by atoms with Gasteiger partial charge in [-0.1, -0.05) is 23.9 Å². The zero-order chi connectivity index (χ0) is 17.0. The molecule has 1 aliphatic heterocycles. The molecule has 2 rings (SSSR count). The van der Waals surface area contributed by atoms with Gasteiger partial charge in [0.15, 0.2) is 5.17 Å². The van der Waals surface area contributed by atoms with Gasteiger partial charge in [0, 0.05) is 12.7 Å². The number of hydrogen-bond donors (Lipinski definition) is 0. The average molecular weight is 334 g/mol. The largest absolute Gasteiger partial charge is 0.497 e. The van der Waals surface area contributed by atoms with Crippen LogP contribution in [0.3, 0.4) is 0 Å². The first kappa shape index (κ1) is 17.4. The van der Waals surface area contributed by atoms with E-state index in [1.165, 1.54) is 0 Å². The van der Waals surface area contributed by atoms with Gasteiger partial charge in [-0.15, -0.1) is 0 Å². The van der Waals surface area contributed by atoms with Gasteiger partial charge in [0.25, 0.3) is 0 Å². The molecule has 0 aromatic heterocycles. The third-order valence-electron chi connectivity index (χ3n) is 3.80. The molecule has 124 valence electrons. The minimum atomic E-state index is -0.362. The first-order valence-corrected chi connectivity index (χ1v) is 8.63. The minimum absolute atomic E-state index is 0.318. The Labute approximate surface area is 141 Å². The number of ether oxygens (including phenoxy) is 2. The Balaban J connectivity index is 2.49. The molecule has 0 saturated heterocycles. The molecule has 0 radical (unpaired) electrons. The Bertz CT molecular complexity index is 638. The molecule has 1 aromatic rings. The topological polar surface area (TPSA) is 51.1 Å². The van der Waals surface area contributed by atoms with Crippen molar-refractivity contribution in [2.24, 2.45) is 4.99 Å². The first-order valence-electron chi connectivity index (χ1n) is 7.40. The number of carbonyl (C=O) groups excluding carboxylic acids is 1. The summed E-state index contributed by atoms with van der Waals surface area (Å²) in [6, 6.07) is 7.25. The van der Waals surface area contributed by atoms with E-state index in [0.29, 0.717) is 12.2 Å². The molecule has 6 heteroatoms. The SMILES string of the molecule is CCOC(=O)C1=C(C)N(C)C(SC)=N[C@@H]1c1ccc(OC)cc1. The number of rotatable bonds is 4. The van der Waals surface area contributed by atoms with Crippen LogP contribution in [0.5, 0.6) is 5.75 Å². The second-order valence-corrected chi connectivity index (χ2v) is 5.84. The van der Waals surface area contributed by atoms with Gasteiger partial charge < -0.3 is 14.4 Å². The number of aliphatic imine (C=N–C) groups is 1. The maximum absolute atomic E-state index is 12.4. The zero-order valence-corrected chi connectivity index (χ0v) is 14.9. The van der Waals surface area contributed by atoms with Crippen molar-refractivity contribution in [3.05, 3.63) is 41.1 Å². The van der Waals surface area contributed by atoms with Gasteiger partial charge >= 0.3 is 5.97 Å². The Kier molecular flexibility index (Phi) is 5.71. The monoisotopic (exact) mass is 334 g/mol. The van der Waals surface area contributed by atoms with Crippen LogP contribution < -0.4 is 4.74 Å². The highest BCUT2D eigenvalue weighted by molar-refractivity contribution is 8.13. The van der Waals surface area contributed by atoms with Crippen molar-refractivity contribution in [3.63, 3.8) is 0 Å². The summed E-state index contributed by atoms with van der Waals surface area (Å²) in [5.41, 5.74) is 2.38. The molecule has 0 aliphatic carbocycles. The van der Waals surface area contributed by atoms with Crippen LogP contribution in [-0.2, 0) is 9.53 Å². The van der Waals surface area contributed by atoms with Gasteiger partial charge in [-0.05, 0) is 37.8 Å². The van der Waals surface area contributed by atoms with Gasteiger partial charge in [-0.2, -0.15) is 0 Å². The van der Waals surface area contributed by atoms with Crippen molar-refractivity contribution < 1.29 is 14.3 Å². The molecular weight excluding hydrogens is 312 g/mol. The van der Waals surface area contributed by atoms with E-state index in [0.717, 1.165) is 22.2 Å². The molecule has 0 unspecified atom stereocenters. The first-order chi connectivity index (χ1) is 11.0. The molecule has 1 aromatic carbocycles. The number of methoxy groups -OCH3 is 1. The van der Waals surface area contributed by atoms with Crippen LogP contribution in [0.1, 0.15) is 25.5 Å². The quantitative estimate of drug-likeness (QED) is 0.791. The lowest BCUT2D eigenvalue weighted by molar-refractivity contribution is -0.139. The number of allylic oxidation sites excluding steroid dienone is 1. The van der Waals surface area contributed by atoms with E-state index in [-0.39, 0.29) is 12.0 Å². The maximum Gasteiger partial charge on any atom is 0.338 e. The lowest BCUT2D eigenvalue weighted by atomic mass is 9.96. The predicted molar refractivity (Wildman–Crippen MR) is 93.8 cm³/mol. The molecule has 0 spiro atoms. The zero-order valence-electron chi connectivity index (χ0n) is 14.1. The smallest absolute Gasteiger partial charge is 0.338 e. The summed E-state index contributed by atoms with van der Waals surface area (Å²) < 4.78 is 10.4. The van der Waals surface area contributed by atoms with Crippen LogP contribution in [0.2, 0.25) is 0 Å². The number of hydrogen-bond acceptors (Lipinski definition) is 6. The standard InChI is InChI=1S/C17H22N2O3S/c1-6-22-16(20)14-11(2)19(3)17(23-5)18-15(14)12-7-9-13(21-4)10-8-12/h7-10,15H,6H2,1-5H3/t15-/m1/s1. The fraction of sp³-hybridized carbons (Fsp3) is 0.412. The van der Waals surface area contributed by atoms with E-state index in [4.69, 9.17) is 14.5 Å². The summed E-state index contributed by atoms with van der Waals surface area (Å²) in [4.78, 5) is 19.1. The number of esters is 1. The lowest BCUT2D eigenvalue weighted by Gasteiger charge is -2.31. The van der Waals surface area contributed by atoms with Crippen molar-refractivity contribution in [2.75, 3.05) is 27.0 Å². The summed E-state index contributed by atoms with van der Waals surface area (Å²) in [7, 11) is 3.54. The van der Waals surface area contributed by atoms with E-state index in [1.54, 1.807) is 25.8 Å². The summed E-state index contributed by atoms with van der Waals surface area (Å²) in [5.74, 6) is 0.454. The van der Waals surface area contributed by atoms with Crippen LogP contribution in [0.15, 0.2) is 40.5 Å². The molecule has 1 atom stereocenters. The Hall–Kier alpha value is -1.95. The molecule has 5 nitrogen and oxygen atoms in total. The third-order valence-corrected chi connectivity index (χ3v) is 4.55. The summed E-state index contributed by atoms with van der Waals surface area (Å²) >= 11 is 1.56. The highest BCUT2D eigenvalue weighted by Crippen LogP contribution is 2.36. The molecule has 0 amide bonds. The molecule has 0 N–H and O–H groups in total. The molecular formula is C17H22N2O3S. The highest BCUT2D eigenvalue weighted by atomic mass is 32.2. The second-order valence-electron chi connectivity index (χ2n) is 5.07. The van der Waals surface area contributed by atoms with Crippen LogP contribution in [0.25, 0.3) is 0 Å². The van der Waals surface area contributed by atoms with Crippen LogP contribution in [0, 0.1) is 0 Å². The van der Waals surface area contributed by atoms with Crippen molar-refractivity contribution in [3.8, 4) is 5.75 Å². The number of nitrogens with zero attached hydrogens (tertiary/aromatic N) is 2. The third kappa shape index (κ3) is 3.52. The second kappa shape index (κ2) is 7.55. The van der Waals surface area contributed by atoms with Gasteiger partial charge in [0.2, 0.25) is 0 Å². The molecule has 0 bridgehead atoms. The number of amidine groups is 1. The van der Waals surface area contributed by atoms with Gasteiger partial charge in [0.1, 0.15) is 11.8 Å². The summed E-state index contributed by atoms with van der Waals surface area (Å²) in [6.07, 6.45) is 1.98. The summed E-state index contributed by atoms with van der Waals surface area (Å²) in [5, 5.41) is 0.872. The van der Waals surface area contributed by atoms with Gasteiger partial charge in [0.05, 0.1) is 19.3 Å². The van der Waals surface area contributed by atoms with Crippen LogP contribution >= 0.6 is 11.8 Å². The van der Waals surface area contributed by atoms with E-state index in [2.05, 4.69) is 0 Å². The van der Waals surface area contributed by atoms with E-state index >= 15 is 0 Å². The molecule has 0 fully saturated rings. The average Bonchev–Trinajstić information content (AvgIpc) is 2.57. The predicted octanol–water partition coefficient (Wildman–Crippen LogP) is 3.24. The lowest BCUT2D eigenvalue weighted by Crippen LogP contribution is -2.32. The van der Waals surface area contributed by atoms with Crippen LogP contribution in [-0.4, -0.2) is 43.1 Å². The van der Waals surface area contributed by atoms with Gasteiger partial charge in [-0.25, -0.2) is 9.79 Å². The van der Waals surface area contributed by atoms with E-state index in [1.807, 2.05) is 49.4 Å². The van der Waals surface area contributed by atoms with E-state index < -0.39 is 0 Å². The Morgan fingerprint density at radius 2 is 2.00 bits per heavy atom. The Morgan fingerprint density at radius 1 is 1.35 bits per heavy atom. The molecule has 0 saturated carbocycles. The number of carbonyl (C=O) groups is 1. The number of benzene rings is 1. The molecule has 23 heavy (non-hydrogen) atoms. The van der Waals surface area contributed by atoms with Crippen molar-refractivity contribution in [1.82, 2.24) is 4.90 Å². The fourth-order valence-corrected chi connectivity index (χ4v) is 3.09. The van der Waals surface area contributed by atoms with Crippen molar-refractivity contribution >= 4 is 22.9 Å².